The van der Waals surface area contributed by atoms with Gasteiger partial charge in [-0.05, 0) is 43.5 Å². The van der Waals surface area contributed by atoms with Crippen LogP contribution in [0.15, 0.2) is 24.3 Å². The first kappa shape index (κ1) is 14.8. The van der Waals surface area contributed by atoms with E-state index < -0.39 is 6.10 Å². The van der Waals surface area contributed by atoms with Crippen LogP contribution in [0.5, 0.6) is 5.75 Å². The minimum absolute atomic E-state index is 0.113. The molecule has 0 saturated carbocycles. The fourth-order valence-corrected chi connectivity index (χ4v) is 2.13. The number of hydrogen-bond acceptors (Lipinski definition) is 3. The first-order chi connectivity index (χ1) is 9.69. The fourth-order valence-electron chi connectivity index (χ4n) is 2.13. The summed E-state index contributed by atoms with van der Waals surface area (Å²) >= 11 is 0. The number of carbonyl (C=O) groups excluding carboxylic acids is 1. The van der Waals surface area contributed by atoms with Crippen LogP contribution in [0.1, 0.15) is 26.2 Å². The van der Waals surface area contributed by atoms with Crippen molar-refractivity contribution in [1.29, 1.82) is 0 Å². The van der Waals surface area contributed by atoms with Gasteiger partial charge in [-0.2, -0.15) is 0 Å². The van der Waals surface area contributed by atoms with Gasteiger partial charge in [-0.1, -0.05) is 6.92 Å². The molecule has 0 unspecified atom stereocenters. The second-order valence-corrected chi connectivity index (χ2v) is 4.85. The van der Waals surface area contributed by atoms with E-state index in [0.717, 1.165) is 19.4 Å². The van der Waals surface area contributed by atoms with Crippen molar-refractivity contribution in [2.45, 2.75) is 38.4 Å². The zero-order valence-electron chi connectivity index (χ0n) is 11.6. The SMILES string of the molecule is CC[C@H](Oc1ccc(F)cc1)C(=O)NC[C@@H]1CCCO1. The van der Waals surface area contributed by atoms with Crippen molar-refractivity contribution < 1.29 is 18.7 Å². The molecule has 20 heavy (non-hydrogen) atoms. The summed E-state index contributed by atoms with van der Waals surface area (Å²) in [7, 11) is 0. The molecule has 110 valence electrons. The van der Waals surface area contributed by atoms with E-state index in [2.05, 4.69) is 5.32 Å². The van der Waals surface area contributed by atoms with Gasteiger partial charge in [0.25, 0.3) is 5.91 Å². The van der Waals surface area contributed by atoms with E-state index in [0.29, 0.717) is 18.7 Å². The van der Waals surface area contributed by atoms with Gasteiger partial charge in [0.2, 0.25) is 0 Å². The Kier molecular flexibility index (Phi) is 5.35. The average molecular weight is 281 g/mol. The van der Waals surface area contributed by atoms with Crippen LogP contribution in [0.4, 0.5) is 4.39 Å². The van der Waals surface area contributed by atoms with Crippen LogP contribution in [-0.4, -0.2) is 31.3 Å². The highest BCUT2D eigenvalue weighted by atomic mass is 19.1. The molecule has 0 aromatic heterocycles. The van der Waals surface area contributed by atoms with E-state index in [1.165, 1.54) is 24.3 Å². The molecule has 1 aromatic carbocycles. The largest absolute Gasteiger partial charge is 0.481 e. The fraction of sp³-hybridized carbons (Fsp3) is 0.533. The first-order valence-electron chi connectivity index (χ1n) is 7.00. The molecule has 5 heteroatoms. The molecule has 0 aliphatic carbocycles. The Morgan fingerprint density at radius 2 is 2.25 bits per heavy atom. The lowest BCUT2D eigenvalue weighted by atomic mass is 10.2. The molecular formula is C15H20FNO3. The lowest BCUT2D eigenvalue weighted by molar-refractivity contribution is -0.128. The van der Waals surface area contributed by atoms with E-state index in [-0.39, 0.29) is 17.8 Å². The molecule has 4 nitrogen and oxygen atoms in total. The summed E-state index contributed by atoms with van der Waals surface area (Å²) in [6, 6.07) is 5.66. The highest BCUT2D eigenvalue weighted by Crippen LogP contribution is 2.15. The second kappa shape index (κ2) is 7.24. The van der Waals surface area contributed by atoms with Gasteiger partial charge in [0.1, 0.15) is 11.6 Å². The van der Waals surface area contributed by atoms with Gasteiger partial charge in [0.05, 0.1) is 6.10 Å². The zero-order chi connectivity index (χ0) is 14.4. The summed E-state index contributed by atoms with van der Waals surface area (Å²) in [5.74, 6) is 0.00562. The first-order valence-corrected chi connectivity index (χ1v) is 7.00. The molecule has 1 saturated heterocycles. The summed E-state index contributed by atoms with van der Waals surface area (Å²) < 4.78 is 23.8. The Bertz CT molecular complexity index is 429. The van der Waals surface area contributed by atoms with Crippen LogP contribution in [-0.2, 0) is 9.53 Å². The summed E-state index contributed by atoms with van der Waals surface area (Å²) in [6.07, 6.45) is 2.12. The second-order valence-electron chi connectivity index (χ2n) is 4.85. The van der Waals surface area contributed by atoms with Crippen LogP contribution in [0.2, 0.25) is 0 Å². The van der Waals surface area contributed by atoms with Crippen LogP contribution < -0.4 is 10.1 Å². The van der Waals surface area contributed by atoms with Gasteiger partial charge in [0, 0.05) is 13.2 Å². The Balaban J connectivity index is 1.83. The van der Waals surface area contributed by atoms with E-state index in [1.54, 1.807) is 0 Å². The quantitative estimate of drug-likeness (QED) is 0.870. The molecule has 1 aromatic rings. The third-order valence-electron chi connectivity index (χ3n) is 3.28. The van der Waals surface area contributed by atoms with Gasteiger partial charge in [0.15, 0.2) is 6.10 Å². The number of ether oxygens (including phenoxy) is 2. The summed E-state index contributed by atoms with van der Waals surface area (Å²) in [4.78, 5) is 12.0. The molecule has 2 atom stereocenters. The standard InChI is InChI=1S/C15H20FNO3/c1-2-14(20-12-7-5-11(16)6-8-12)15(18)17-10-13-4-3-9-19-13/h5-8,13-14H,2-4,9-10H2,1H3,(H,17,18)/t13-,14-/m0/s1. The van der Waals surface area contributed by atoms with Crippen molar-refractivity contribution in [1.82, 2.24) is 5.32 Å². The van der Waals surface area contributed by atoms with Crippen molar-refractivity contribution in [3.8, 4) is 5.75 Å². The van der Waals surface area contributed by atoms with E-state index in [9.17, 15) is 9.18 Å². The van der Waals surface area contributed by atoms with Gasteiger partial charge >= 0.3 is 0 Å². The Labute approximate surface area is 118 Å². The molecular weight excluding hydrogens is 261 g/mol. The summed E-state index contributed by atoms with van der Waals surface area (Å²) in [5, 5.41) is 2.84. The van der Waals surface area contributed by atoms with Gasteiger partial charge < -0.3 is 14.8 Å². The van der Waals surface area contributed by atoms with Crippen molar-refractivity contribution in [3.63, 3.8) is 0 Å². The highest BCUT2D eigenvalue weighted by molar-refractivity contribution is 5.81. The monoisotopic (exact) mass is 281 g/mol. The number of nitrogens with one attached hydrogen (secondary N) is 1. The summed E-state index contributed by atoms with van der Waals surface area (Å²) in [6.45, 7) is 3.16. The molecule has 1 amide bonds. The van der Waals surface area contributed by atoms with Crippen LogP contribution in [0.25, 0.3) is 0 Å². The van der Waals surface area contributed by atoms with E-state index in [1.807, 2.05) is 6.92 Å². The molecule has 0 bridgehead atoms. The molecule has 1 N–H and O–H groups in total. The molecule has 1 fully saturated rings. The topological polar surface area (TPSA) is 47.6 Å². The highest BCUT2D eigenvalue weighted by Gasteiger charge is 2.21. The Morgan fingerprint density at radius 3 is 2.85 bits per heavy atom. The molecule has 0 radical (unpaired) electrons. The maximum Gasteiger partial charge on any atom is 0.261 e. The van der Waals surface area contributed by atoms with Gasteiger partial charge in [-0.15, -0.1) is 0 Å². The van der Waals surface area contributed by atoms with E-state index >= 15 is 0 Å². The molecule has 1 heterocycles. The molecule has 1 aliphatic rings. The van der Waals surface area contributed by atoms with Crippen LogP contribution >= 0.6 is 0 Å². The maximum absolute atomic E-state index is 12.8. The van der Waals surface area contributed by atoms with Crippen LogP contribution in [0, 0.1) is 5.82 Å². The van der Waals surface area contributed by atoms with E-state index in [4.69, 9.17) is 9.47 Å². The minimum atomic E-state index is -0.568. The third-order valence-corrected chi connectivity index (χ3v) is 3.28. The predicted octanol–water partition coefficient (Wildman–Crippen LogP) is 2.28. The van der Waals surface area contributed by atoms with Crippen molar-refractivity contribution in [2.24, 2.45) is 0 Å². The normalized spacial score (nSPS) is 19.6. The zero-order valence-corrected chi connectivity index (χ0v) is 11.6. The number of halogens is 1. The number of benzene rings is 1. The van der Waals surface area contributed by atoms with Gasteiger partial charge in [-0.3, -0.25) is 4.79 Å². The molecule has 0 spiro atoms. The smallest absolute Gasteiger partial charge is 0.261 e. The number of hydrogen-bond donors (Lipinski definition) is 1. The average Bonchev–Trinajstić information content (AvgIpc) is 2.97. The Hall–Kier alpha value is -1.62. The number of carbonyl (C=O) groups is 1. The predicted molar refractivity (Wildman–Crippen MR) is 73.1 cm³/mol. The Morgan fingerprint density at radius 1 is 1.50 bits per heavy atom. The maximum atomic E-state index is 12.8. The number of amides is 1. The molecule has 1 aliphatic heterocycles. The van der Waals surface area contributed by atoms with Crippen molar-refractivity contribution in [2.75, 3.05) is 13.2 Å². The number of rotatable bonds is 6. The lowest BCUT2D eigenvalue weighted by Gasteiger charge is -2.18. The minimum Gasteiger partial charge on any atom is -0.481 e. The van der Waals surface area contributed by atoms with Crippen molar-refractivity contribution >= 4 is 5.91 Å². The summed E-state index contributed by atoms with van der Waals surface area (Å²) in [5.41, 5.74) is 0. The van der Waals surface area contributed by atoms with Crippen molar-refractivity contribution in [3.05, 3.63) is 30.1 Å². The van der Waals surface area contributed by atoms with Gasteiger partial charge in [-0.25, -0.2) is 4.39 Å². The third kappa shape index (κ3) is 4.20. The lowest BCUT2D eigenvalue weighted by Crippen LogP contribution is -2.41. The molecule has 2 rings (SSSR count). The van der Waals surface area contributed by atoms with Crippen LogP contribution in [0.3, 0.4) is 0 Å².